The molecule has 1 aliphatic heterocycles. The average molecular weight is 198 g/mol. The van der Waals surface area contributed by atoms with E-state index >= 15 is 0 Å². The van der Waals surface area contributed by atoms with Gasteiger partial charge in [-0.2, -0.15) is 4.39 Å². The first-order valence-corrected chi connectivity index (χ1v) is 4.87. The van der Waals surface area contributed by atoms with E-state index < -0.39 is 5.97 Å². The van der Waals surface area contributed by atoms with Gasteiger partial charge in [0.2, 0.25) is 5.97 Å². The molecule has 0 atom stereocenters. The van der Waals surface area contributed by atoms with Crippen LogP contribution in [0, 0.1) is 0 Å². The van der Waals surface area contributed by atoms with Gasteiger partial charge < -0.3 is 5.32 Å². The van der Waals surface area contributed by atoms with Crippen LogP contribution in [0.5, 0.6) is 0 Å². The zero-order valence-corrected chi connectivity index (χ0v) is 8.20. The maximum atomic E-state index is 12.8. The molecule has 13 heavy (non-hydrogen) atoms. The van der Waals surface area contributed by atoms with E-state index in [1.807, 2.05) is 12.3 Å². The lowest BCUT2D eigenvalue weighted by molar-refractivity contribution is 0.811. The Morgan fingerprint density at radius 1 is 1.85 bits per heavy atom. The molecule has 0 aromatic carbocycles. The number of nitrogens with zero attached hydrogens (tertiary/aromatic N) is 1. The zero-order chi connectivity index (χ0) is 9.68. The molecule has 1 rings (SSSR count). The van der Waals surface area contributed by atoms with E-state index in [1.165, 1.54) is 12.3 Å². The maximum absolute atomic E-state index is 12.8. The Morgan fingerprint density at radius 2 is 2.62 bits per heavy atom. The molecule has 4 heteroatoms. The Morgan fingerprint density at radius 3 is 3.15 bits per heavy atom. The van der Waals surface area contributed by atoms with Crippen molar-refractivity contribution < 1.29 is 4.39 Å². The second kappa shape index (κ2) is 4.87. The molecular weight excluding hydrogens is 187 g/mol. The van der Waals surface area contributed by atoms with Gasteiger partial charge in [0.15, 0.2) is 0 Å². The van der Waals surface area contributed by atoms with E-state index in [2.05, 4.69) is 16.9 Å². The lowest BCUT2D eigenvalue weighted by Gasteiger charge is -2.01. The summed E-state index contributed by atoms with van der Waals surface area (Å²) < 4.78 is 12.8. The summed E-state index contributed by atoms with van der Waals surface area (Å²) in [5.74, 6) is 0.327. The summed E-state index contributed by atoms with van der Waals surface area (Å²) in [7, 11) is 0. The Kier molecular flexibility index (Phi) is 3.76. The van der Waals surface area contributed by atoms with Gasteiger partial charge in [0, 0.05) is 11.9 Å². The molecule has 0 saturated heterocycles. The molecule has 0 unspecified atom stereocenters. The molecule has 1 N–H and O–H groups in total. The second-order valence-corrected chi connectivity index (χ2v) is 3.34. The summed E-state index contributed by atoms with van der Waals surface area (Å²) in [5, 5.41) is 5.08. The van der Waals surface area contributed by atoms with Gasteiger partial charge in [0.25, 0.3) is 0 Å². The van der Waals surface area contributed by atoms with Gasteiger partial charge in [-0.05, 0) is 24.0 Å². The number of aliphatic imine (C=N–C) groups is 1. The summed E-state index contributed by atoms with van der Waals surface area (Å²) in [4.78, 5) is 3.41. The Bertz CT molecular complexity index is 292. The van der Waals surface area contributed by atoms with Crippen LogP contribution in [0.3, 0.4) is 0 Å². The quantitative estimate of drug-likeness (QED) is 0.705. The second-order valence-electron chi connectivity index (χ2n) is 2.48. The minimum absolute atomic E-state index is 0.521. The molecule has 0 amide bonds. The van der Waals surface area contributed by atoms with E-state index in [-0.39, 0.29) is 0 Å². The van der Waals surface area contributed by atoms with Crippen LogP contribution in [-0.2, 0) is 0 Å². The molecule has 70 valence electrons. The number of hydrogen-bond acceptors (Lipinski definition) is 3. The molecule has 0 radical (unpaired) electrons. The Hall–Kier alpha value is -1.03. The molecule has 0 saturated carbocycles. The van der Waals surface area contributed by atoms with Crippen LogP contribution in [0.2, 0.25) is 0 Å². The summed E-state index contributed by atoms with van der Waals surface area (Å²) in [6.07, 6.45) is 2.57. The molecule has 0 aromatic heterocycles. The summed E-state index contributed by atoms with van der Waals surface area (Å²) in [6.45, 7) is 5.15. The molecule has 0 spiro atoms. The van der Waals surface area contributed by atoms with Crippen molar-refractivity contribution in [3.05, 3.63) is 35.5 Å². The van der Waals surface area contributed by atoms with Crippen LogP contribution in [0.15, 0.2) is 40.5 Å². The minimum Gasteiger partial charge on any atom is -0.375 e. The van der Waals surface area contributed by atoms with Gasteiger partial charge in [-0.1, -0.05) is 6.58 Å². The van der Waals surface area contributed by atoms with Gasteiger partial charge in [0.1, 0.15) is 0 Å². The number of halogens is 1. The molecule has 0 fully saturated rings. The lowest BCUT2D eigenvalue weighted by atomic mass is 10.2. The van der Waals surface area contributed by atoms with E-state index in [0.717, 1.165) is 17.1 Å². The highest BCUT2D eigenvalue weighted by Gasteiger charge is 2.05. The van der Waals surface area contributed by atoms with Gasteiger partial charge in [-0.15, -0.1) is 11.8 Å². The standard InChI is InChI=1S/C9H11FN2S/c1-3-11-9(10)4-7(2)8-5-13-6-12-8/h3-5,12H,1,6H2,2H3/b7-4+,11-9+. The molecular formula is C9H11FN2S. The summed E-state index contributed by atoms with van der Waals surface area (Å²) in [6, 6.07) is 0. The van der Waals surface area contributed by atoms with Crippen molar-refractivity contribution >= 4 is 17.7 Å². The zero-order valence-electron chi connectivity index (χ0n) is 7.38. The van der Waals surface area contributed by atoms with Crippen molar-refractivity contribution in [2.75, 3.05) is 5.88 Å². The largest absolute Gasteiger partial charge is 0.375 e. The number of allylic oxidation sites excluding steroid dienone is 2. The van der Waals surface area contributed by atoms with Crippen LogP contribution in [0.25, 0.3) is 0 Å². The minimum atomic E-state index is -0.521. The highest BCUT2D eigenvalue weighted by molar-refractivity contribution is 8.02. The highest BCUT2D eigenvalue weighted by atomic mass is 32.2. The summed E-state index contributed by atoms with van der Waals surface area (Å²) in [5.41, 5.74) is 1.80. The van der Waals surface area contributed by atoms with Crippen LogP contribution in [-0.4, -0.2) is 11.8 Å². The number of nitrogens with one attached hydrogen (secondary N) is 1. The fourth-order valence-corrected chi connectivity index (χ4v) is 1.66. The monoisotopic (exact) mass is 198 g/mol. The SMILES string of the molecule is C=C/N=C(F)\C=C(/C)C1=CSCN1. The van der Waals surface area contributed by atoms with Gasteiger partial charge in [-0.3, -0.25) is 0 Å². The first-order chi connectivity index (χ1) is 6.24. The van der Waals surface area contributed by atoms with Gasteiger partial charge in [0.05, 0.1) is 5.88 Å². The molecule has 0 bridgehead atoms. The van der Waals surface area contributed by atoms with E-state index in [4.69, 9.17) is 0 Å². The summed E-state index contributed by atoms with van der Waals surface area (Å²) >= 11 is 1.65. The van der Waals surface area contributed by atoms with Crippen molar-refractivity contribution in [1.29, 1.82) is 0 Å². The third kappa shape index (κ3) is 3.06. The third-order valence-corrected chi connectivity index (χ3v) is 2.24. The molecule has 0 aromatic rings. The first-order valence-electron chi connectivity index (χ1n) is 3.82. The van der Waals surface area contributed by atoms with Crippen LogP contribution in [0.4, 0.5) is 4.39 Å². The van der Waals surface area contributed by atoms with Crippen LogP contribution in [0.1, 0.15) is 6.92 Å². The van der Waals surface area contributed by atoms with Crippen molar-refractivity contribution in [2.45, 2.75) is 6.92 Å². The van der Waals surface area contributed by atoms with Crippen LogP contribution >= 0.6 is 11.8 Å². The maximum Gasteiger partial charge on any atom is 0.213 e. The van der Waals surface area contributed by atoms with Gasteiger partial charge >= 0.3 is 0 Å². The first kappa shape index (κ1) is 10.1. The smallest absolute Gasteiger partial charge is 0.213 e. The Labute approximate surface area is 81.3 Å². The Balaban J connectivity index is 2.70. The highest BCUT2D eigenvalue weighted by Crippen LogP contribution is 2.18. The van der Waals surface area contributed by atoms with E-state index in [9.17, 15) is 4.39 Å². The van der Waals surface area contributed by atoms with Crippen molar-refractivity contribution in [2.24, 2.45) is 4.99 Å². The molecule has 2 nitrogen and oxygen atoms in total. The fourth-order valence-electron chi connectivity index (χ4n) is 0.899. The predicted molar refractivity (Wildman–Crippen MR) is 56.2 cm³/mol. The third-order valence-electron chi connectivity index (χ3n) is 1.52. The lowest BCUT2D eigenvalue weighted by Crippen LogP contribution is -2.07. The fraction of sp³-hybridized carbons (Fsp3) is 0.222. The van der Waals surface area contributed by atoms with E-state index in [0.29, 0.717) is 0 Å². The average Bonchev–Trinajstić information content (AvgIpc) is 2.55. The van der Waals surface area contributed by atoms with Crippen molar-refractivity contribution in [1.82, 2.24) is 5.32 Å². The van der Waals surface area contributed by atoms with E-state index in [1.54, 1.807) is 11.8 Å². The van der Waals surface area contributed by atoms with Crippen molar-refractivity contribution in [3.63, 3.8) is 0 Å². The number of hydrogen-bond donors (Lipinski definition) is 1. The molecule has 1 heterocycles. The topological polar surface area (TPSA) is 24.4 Å². The predicted octanol–water partition coefficient (Wildman–Crippen LogP) is 2.58. The number of rotatable bonds is 3. The normalized spacial score (nSPS) is 18.2. The molecule has 0 aliphatic carbocycles. The van der Waals surface area contributed by atoms with Crippen molar-refractivity contribution in [3.8, 4) is 0 Å². The molecule has 1 aliphatic rings. The van der Waals surface area contributed by atoms with Crippen LogP contribution < -0.4 is 5.32 Å². The van der Waals surface area contributed by atoms with Gasteiger partial charge in [-0.25, -0.2) is 4.99 Å². The number of thioether (sulfide) groups is 1.